The van der Waals surface area contributed by atoms with Gasteiger partial charge in [0.1, 0.15) is 9.79 Å². The second kappa shape index (κ2) is 4.83. The molecule has 102 valence electrons. The molecule has 0 saturated carbocycles. The Morgan fingerprint density at radius 2 is 1.67 bits per heavy atom. The van der Waals surface area contributed by atoms with Crippen LogP contribution in [0.3, 0.4) is 0 Å². The lowest BCUT2D eigenvalue weighted by molar-refractivity contribution is 0.397. The molecule has 0 atom stereocenters. The van der Waals surface area contributed by atoms with Crippen LogP contribution in [0, 0.1) is 0 Å². The SMILES string of the molecule is COS(=O)(=O)c1cc(S(=O)(=O)O)c(N)c(Cl)c1Cl. The molecule has 0 saturated heterocycles. The third-order valence-electron chi connectivity index (χ3n) is 1.94. The van der Waals surface area contributed by atoms with E-state index in [1.807, 2.05) is 0 Å². The molecule has 0 spiro atoms. The zero-order valence-electron chi connectivity index (χ0n) is 8.72. The van der Waals surface area contributed by atoms with Crippen molar-refractivity contribution in [3.8, 4) is 0 Å². The number of benzene rings is 1. The van der Waals surface area contributed by atoms with Crippen LogP contribution in [-0.4, -0.2) is 28.5 Å². The largest absolute Gasteiger partial charge is 0.396 e. The maximum absolute atomic E-state index is 11.5. The van der Waals surface area contributed by atoms with Gasteiger partial charge in [-0.05, 0) is 6.07 Å². The minimum Gasteiger partial charge on any atom is -0.396 e. The van der Waals surface area contributed by atoms with Crippen molar-refractivity contribution in [3.05, 3.63) is 16.1 Å². The van der Waals surface area contributed by atoms with Crippen LogP contribution in [0.15, 0.2) is 15.9 Å². The van der Waals surface area contributed by atoms with Crippen LogP contribution in [0.2, 0.25) is 10.0 Å². The first-order valence-electron chi connectivity index (χ1n) is 4.08. The standard InChI is InChI=1S/C7H7Cl2NO6S2/c1-16-18(14,15)3-2-4(17(11,12)13)7(10)6(9)5(3)8/h2H,10H2,1H3,(H,11,12,13). The Balaban J connectivity index is 3.85. The van der Waals surface area contributed by atoms with Crippen molar-refractivity contribution in [2.45, 2.75) is 9.79 Å². The molecule has 0 heterocycles. The van der Waals surface area contributed by atoms with Gasteiger partial charge in [0.05, 0.1) is 22.8 Å². The predicted octanol–water partition coefficient (Wildman–Crippen LogP) is 1.16. The lowest BCUT2D eigenvalue weighted by atomic mass is 10.3. The molecule has 1 aromatic rings. The topological polar surface area (TPSA) is 124 Å². The molecule has 0 unspecified atom stereocenters. The van der Waals surface area contributed by atoms with Crippen LogP contribution in [0.4, 0.5) is 5.69 Å². The van der Waals surface area contributed by atoms with Gasteiger partial charge >= 0.3 is 0 Å². The van der Waals surface area contributed by atoms with Crippen LogP contribution in [-0.2, 0) is 24.4 Å². The first-order valence-corrected chi connectivity index (χ1v) is 7.68. The molecule has 7 nitrogen and oxygen atoms in total. The van der Waals surface area contributed by atoms with Crippen LogP contribution in [0.5, 0.6) is 0 Å². The van der Waals surface area contributed by atoms with E-state index in [9.17, 15) is 16.8 Å². The van der Waals surface area contributed by atoms with Crippen LogP contribution >= 0.6 is 23.2 Å². The number of anilines is 1. The summed E-state index contributed by atoms with van der Waals surface area (Å²) in [4.78, 5) is -1.58. The summed E-state index contributed by atoms with van der Waals surface area (Å²) in [7, 11) is -8.20. The van der Waals surface area contributed by atoms with E-state index < -0.39 is 45.8 Å². The maximum atomic E-state index is 11.5. The summed E-state index contributed by atoms with van der Waals surface area (Å²) < 4.78 is 58.1. The Bertz CT molecular complexity index is 697. The molecular formula is C7H7Cl2NO6S2. The molecule has 0 aliphatic carbocycles. The Kier molecular flexibility index (Phi) is 4.16. The average molecular weight is 336 g/mol. The fourth-order valence-electron chi connectivity index (χ4n) is 1.08. The molecule has 0 aromatic heterocycles. The van der Waals surface area contributed by atoms with Crippen molar-refractivity contribution < 1.29 is 25.6 Å². The Labute approximate surface area is 113 Å². The molecule has 1 aromatic carbocycles. The lowest BCUT2D eigenvalue weighted by Gasteiger charge is -2.10. The van der Waals surface area contributed by atoms with Crippen LogP contribution < -0.4 is 5.73 Å². The Morgan fingerprint density at radius 3 is 2.06 bits per heavy atom. The first-order chi connectivity index (χ1) is 8.02. The highest BCUT2D eigenvalue weighted by Crippen LogP contribution is 2.38. The highest BCUT2D eigenvalue weighted by molar-refractivity contribution is 7.87. The second-order valence-electron chi connectivity index (χ2n) is 3.01. The summed E-state index contributed by atoms with van der Waals surface area (Å²) in [5.74, 6) is 0. The van der Waals surface area contributed by atoms with Gasteiger partial charge < -0.3 is 5.73 Å². The lowest BCUT2D eigenvalue weighted by Crippen LogP contribution is -2.09. The number of hydrogen-bond donors (Lipinski definition) is 2. The normalized spacial score (nSPS) is 12.7. The number of rotatable bonds is 3. The molecule has 0 aliphatic rings. The van der Waals surface area contributed by atoms with E-state index in [1.54, 1.807) is 0 Å². The van der Waals surface area contributed by atoms with Crippen molar-refractivity contribution in [3.63, 3.8) is 0 Å². The summed E-state index contributed by atoms with van der Waals surface area (Å²) in [5, 5.41) is -1.01. The summed E-state index contributed by atoms with van der Waals surface area (Å²) in [6, 6.07) is 0.567. The van der Waals surface area contributed by atoms with Gasteiger partial charge in [0, 0.05) is 0 Å². The van der Waals surface area contributed by atoms with Crippen molar-refractivity contribution in [2.75, 3.05) is 12.8 Å². The van der Waals surface area contributed by atoms with Gasteiger partial charge in [-0.25, -0.2) is 0 Å². The number of hydrogen-bond acceptors (Lipinski definition) is 6. The van der Waals surface area contributed by atoms with E-state index in [4.69, 9.17) is 33.5 Å². The van der Waals surface area contributed by atoms with E-state index in [-0.39, 0.29) is 0 Å². The minimum atomic E-state index is -4.75. The molecule has 0 bridgehead atoms. The van der Waals surface area contributed by atoms with E-state index in [2.05, 4.69) is 4.18 Å². The number of nitrogens with two attached hydrogens (primary N) is 1. The molecule has 1 rings (SSSR count). The van der Waals surface area contributed by atoms with Gasteiger partial charge in [-0.15, -0.1) is 0 Å². The quantitative estimate of drug-likeness (QED) is 0.482. The summed E-state index contributed by atoms with van der Waals surface area (Å²) in [6.45, 7) is 0. The van der Waals surface area contributed by atoms with Crippen molar-refractivity contribution in [1.29, 1.82) is 0 Å². The van der Waals surface area contributed by atoms with Crippen molar-refractivity contribution in [2.24, 2.45) is 0 Å². The van der Waals surface area contributed by atoms with Crippen LogP contribution in [0.1, 0.15) is 0 Å². The van der Waals surface area contributed by atoms with Gasteiger partial charge in [-0.1, -0.05) is 23.2 Å². The van der Waals surface area contributed by atoms with E-state index >= 15 is 0 Å². The molecule has 0 fully saturated rings. The second-order valence-corrected chi connectivity index (χ2v) is 6.84. The van der Waals surface area contributed by atoms with Gasteiger partial charge in [0.25, 0.3) is 20.2 Å². The Hall–Kier alpha value is -0.580. The minimum absolute atomic E-state index is 0.497. The highest BCUT2D eigenvalue weighted by Gasteiger charge is 2.27. The van der Waals surface area contributed by atoms with Gasteiger partial charge in [-0.2, -0.15) is 16.8 Å². The molecule has 0 amide bonds. The zero-order valence-corrected chi connectivity index (χ0v) is 11.9. The van der Waals surface area contributed by atoms with Crippen LogP contribution in [0.25, 0.3) is 0 Å². The molecule has 0 aliphatic heterocycles. The molecule has 18 heavy (non-hydrogen) atoms. The zero-order chi connectivity index (χ0) is 14.3. The first kappa shape index (κ1) is 15.5. The number of halogens is 2. The monoisotopic (exact) mass is 335 g/mol. The Morgan fingerprint density at radius 1 is 1.17 bits per heavy atom. The molecule has 11 heteroatoms. The maximum Gasteiger partial charge on any atom is 0.298 e. The van der Waals surface area contributed by atoms with E-state index in [1.165, 1.54) is 0 Å². The van der Waals surface area contributed by atoms with Gasteiger partial charge in [-0.3, -0.25) is 8.74 Å². The third-order valence-corrected chi connectivity index (χ3v) is 5.13. The fourth-order valence-corrected chi connectivity index (χ4v) is 3.32. The van der Waals surface area contributed by atoms with E-state index in [0.717, 1.165) is 7.11 Å². The number of nitrogen functional groups attached to an aromatic ring is 1. The highest BCUT2D eigenvalue weighted by atomic mass is 35.5. The molecular weight excluding hydrogens is 329 g/mol. The van der Waals surface area contributed by atoms with Crippen molar-refractivity contribution >= 4 is 49.1 Å². The average Bonchev–Trinajstić information content (AvgIpc) is 2.24. The van der Waals surface area contributed by atoms with Crippen molar-refractivity contribution in [1.82, 2.24) is 0 Å². The smallest absolute Gasteiger partial charge is 0.298 e. The van der Waals surface area contributed by atoms with E-state index in [0.29, 0.717) is 6.07 Å². The van der Waals surface area contributed by atoms with Gasteiger partial charge in [0.2, 0.25) is 0 Å². The fraction of sp³-hybridized carbons (Fsp3) is 0.143. The molecule has 3 N–H and O–H groups in total. The van der Waals surface area contributed by atoms with Gasteiger partial charge in [0.15, 0.2) is 0 Å². The summed E-state index contributed by atoms with van der Waals surface area (Å²) in [6.07, 6.45) is 0. The predicted molar refractivity (Wildman–Crippen MR) is 64.9 cm³/mol. The molecule has 0 radical (unpaired) electrons. The summed E-state index contributed by atoms with van der Waals surface area (Å²) >= 11 is 11.2. The third kappa shape index (κ3) is 2.71. The summed E-state index contributed by atoms with van der Waals surface area (Å²) in [5.41, 5.74) is 4.78.